The van der Waals surface area contributed by atoms with Gasteiger partial charge in [0.15, 0.2) is 0 Å². The van der Waals surface area contributed by atoms with Crippen LogP contribution in [0, 0.1) is 5.82 Å². The first-order valence-corrected chi connectivity index (χ1v) is 11.7. The number of hydrogen-bond acceptors (Lipinski definition) is 3. The summed E-state index contributed by atoms with van der Waals surface area (Å²) in [6, 6.07) is 22.2. The molecule has 0 aliphatic rings. The second-order valence-electron chi connectivity index (χ2n) is 9.62. The molecule has 0 saturated carbocycles. The van der Waals surface area contributed by atoms with Gasteiger partial charge in [-0.05, 0) is 61.7 Å². The van der Waals surface area contributed by atoms with Gasteiger partial charge in [0.1, 0.15) is 17.6 Å². The highest BCUT2D eigenvalue weighted by molar-refractivity contribution is 5.89. The average molecular weight is 477 g/mol. The topological polar surface area (TPSA) is 58.6 Å². The summed E-state index contributed by atoms with van der Waals surface area (Å²) in [6.07, 6.45) is 0.417. The number of nitrogens with zero attached hydrogens (tertiary/aromatic N) is 1. The number of ether oxygens (including phenoxy) is 1. The number of methoxy groups -OCH3 is 1. The molecule has 0 bridgehead atoms. The second-order valence-corrected chi connectivity index (χ2v) is 9.62. The Morgan fingerprint density at radius 1 is 0.914 bits per heavy atom. The molecule has 0 aliphatic carbocycles. The van der Waals surface area contributed by atoms with E-state index in [2.05, 4.69) is 5.32 Å². The molecular weight excluding hydrogens is 443 g/mol. The van der Waals surface area contributed by atoms with Crippen LogP contribution in [-0.2, 0) is 29.0 Å². The van der Waals surface area contributed by atoms with Gasteiger partial charge >= 0.3 is 0 Å². The molecule has 3 aromatic rings. The molecule has 0 aliphatic heterocycles. The first-order valence-electron chi connectivity index (χ1n) is 11.7. The maximum Gasteiger partial charge on any atom is 0.243 e. The largest absolute Gasteiger partial charge is 0.497 e. The first-order chi connectivity index (χ1) is 16.6. The predicted octanol–water partition coefficient (Wildman–Crippen LogP) is 4.93. The van der Waals surface area contributed by atoms with Gasteiger partial charge in [0.25, 0.3) is 0 Å². The summed E-state index contributed by atoms with van der Waals surface area (Å²) < 4.78 is 18.8. The number of amides is 2. The van der Waals surface area contributed by atoms with Crippen LogP contribution in [-0.4, -0.2) is 35.4 Å². The Kier molecular flexibility index (Phi) is 8.63. The van der Waals surface area contributed by atoms with Gasteiger partial charge in [0, 0.05) is 18.5 Å². The number of benzene rings is 3. The van der Waals surface area contributed by atoms with Gasteiger partial charge in [-0.15, -0.1) is 0 Å². The summed E-state index contributed by atoms with van der Waals surface area (Å²) in [5.41, 5.74) is 2.01. The number of rotatable bonds is 9. The lowest BCUT2D eigenvalue weighted by molar-refractivity contribution is -0.141. The highest BCUT2D eigenvalue weighted by Gasteiger charge is 2.32. The molecule has 0 spiro atoms. The zero-order chi connectivity index (χ0) is 25.4. The Balaban J connectivity index is 1.99. The van der Waals surface area contributed by atoms with Crippen molar-refractivity contribution >= 4 is 11.8 Å². The van der Waals surface area contributed by atoms with E-state index in [-0.39, 0.29) is 30.6 Å². The molecule has 2 amide bonds. The lowest BCUT2D eigenvalue weighted by Gasteiger charge is -2.34. The van der Waals surface area contributed by atoms with E-state index in [4.69, 9.17) is 4.74 Å². The predicted molar refractivity (Wildman–Crippen MR) is 135 cm³/mol. The van der Waals surface area contributed by atoms with Crippen molar-refractivity contribution in [1.29, 1.82) is 0 Å². The normalized spacial score (nSPS) is 12.0. The van der Waals surface area contributed by atoms with E-state index in [9.17, 15) is 14.0 Å². The maximum atomic E-state index is 13.7. The third-order valence-corrected chi connectivity index (χ3v) is 5.52. The molecule has 0 heterocycles. The molecule has 3 aromatic carbocycles. The summed E-state index contributed by atoms with van der Waals surface area (Å²) in [7, 11) is 1.59. The molecular formula is C29H33FN2O3. The fraction of sp³-hybridized carbons (Fsp3) is 0.310. The highest BCUT2D eigenvalue weighted by Crippen LogP contribution is 2.20. The summed E-state index contributed by atoms with van der Waals surface area (Å²) in [4.78, 5) is 28.8. The third kappa shape index (κ3) is 7.95. The molecule has 1 unspecified atom stereocenters. The number of hydrogen-bond donors (Lipinski definition) is 1. The Labute approximate surface area is 206 Å². The zero-order valence-electron chi connectivity index (χ0n) is 20.8. The van der Waals surface area contributed by atoms with Crippen molar-refractivity contribution in [2.24, 2.45) is 0 Å². The third-order valence-electron chi connectivity index (χ3n) is 5.52. The number of carbonyl (C=O) groups excluding carboxylic acids is 2. The molecule has 0 radical (unpaired) electrons. The van der Waals surface area contributed by atoms with Crippen LogP contribution in [0.15, 0.2) is 78.9 Å². The molecule has 0 aromatic heterocycles. The SMILES string of the molecule is COc1cccc(CN(C(=O)Cc2ccc(F)cc2)C(Cc2ccccc2)C(=O)NC(C)(C)C)c1. The summed E-state index contributed by atoms with van der Waals surface area (Å²) >= 11 is 0. The van der Waals surface area contributed by atoms with Crippen LogP contribution in [0.1, 0.15) is 37.5 Å². The van der Waals surface area contributed by atoms with Crippen molar-refractivity contribution in [1.82, 2.24) is 10.2 Å². The summed E-state index contributed by atoms with van der Waals surface area (Å²) in [5, 5.41) is 3.05. The average Bonchev–Trinajstić information content (AvgIpc) is 2.82. The van der Waals surface area contributed by atoms with Gasteiger partial charge in [0.2, 0.25) is 11.8 Å². The fourth-order valence-corrected chi connectivity index (χ4v) is 3.85. The molecule has 1 N–H and O–H groups in total. The van der Waals surface area contributed by atoms with E-state index in [1.165, 1.54) is 12.1 Å². The van der Waals surface area contributed by atoms with Gasteiger partial charge in [0.05, 0.1) is 13.5 Å². The van der Waals surface area contributed by atoms with E-state index in [1.807, 2.05) is 75.4 Å². The van der Waals surface area contributed by atoms with Crippen LogP contribution in [0.4, 0.5) is 4.39 Å². The van der Waals surface area contributed by atoms with Gasteiger partial charge in [-0.3, -0.25) is 9.59 Å². The second kappa shape index (κ2) is 11.6. The smallest absolute Gasteiger partial charge is 0.243 e. The van der Waals surface area contributed by atoms with E-state index in [0.717, 1.165) is 11.1 Å². The summed E-state index contributed by atoms with van der Waals surface area (Å²) in [5.74, 6) is -0.130. The van der Waals surface area contributed by atoms with Crippen LogP contribution in [0.5, 0.6) is 5.75 Å². The van der Waals surface area contributed by atoms with Gasteiger partial charge < -0.3 is 15.0 Å². The van der Waals surface area contributed by atoms with E-state index >= 15 is 0 Å². The van der Waals surface area contributed by atoms with Crippen molar-refractivity contribution in [3.63, 3.8) is 0 Å². The Hall–Kier alpha value is -3.67. The van der Waals surface area contributed by atoms with Crippen molar-refractivity contribution in [3.8, 4) is 5.75 Å². The number of nitrogens with one attached hydrogen (secondary N) is 1. The highest BCUT2D eigenvalue weighted by atomic mass is 19.1. The van der Waals surface area contributed by atoms with Crippen molar-refractivity contribution in [2.75, 3.05) is 7.11 Å². The van der Waals surface area contributed by atoms with Crippen LogP contribution in [0.25, 0.3) is 0 Å². The molecule has 3 rings (SSSR count). The molecule has 184 valence electrons. The molecule has 35 heavy (non-hydrogen) atoms. The van der Waals surface area contributed by atoms with E-state index in [1.54, 1.807) is 24.1 Å². The van der Waals surface area contributed by atoms with Crippen molar-refractivity contribution < 1.29 is 18.7 Å². The van der Waals surface area contributed by atoms with Crippen LogP contribution in [0.2, 0.25) is 0 Å². The van der Waals surface area contributed by atoms with E-state index < -0.39 is 11.6 Å². The molecule has 5 nitrogen and oxygen atoms in total. The Morgan fingerprint density at radius 2 is 1.57 bits per heavy atom. The van der Waals surface area contributed by atoms with Crippen LogP contribution in [0.3, 0.4) is 0 Å². The zero-order valence-corrected chi connectivity index (χ0v) is 20.8. The minimum atomic E-state index is -0.740. The summed E-state index contributed by atoms with van der Waals surface area (Å²) in [6.45, 7) is 5.97. The van der Waals surface area contributed by atoms with Gasteiger partial charge in [-0.1, -0.05) is 54.6 Å². The van der Waals surface area contributed by atoms with Gasteiger partial charge in [-0.25, -0.2) is 4.39 Å². The molecule has 1 atom stereocenters. The first kappa shape index (κ1) is 25.9. The standard InChI is InChI=1S/C29H33FN2O3/c1-29(2,3)31-28(34)26(18-21-9-6-5-7-10-21)32(20-23-11-8-12-25(17-23)35-4)27(33)19-22-13-15-24(30)16-14-22/h5-17,26H,18-20H2,1-4H3,(H,31,34). The Bertz CT molecular complexity index is 1120. The van der Waals surface area contributed by atoms with Crippen LogP contribution < -0.4 is 10.1 Å². The van der Waals surface area contributed by atoms with Crippen LogP contribution >= 0.6 is 0 Å². The maximum absolute atomic E-state index is 13.7. The molecule has 0 saturated heterocycles. The monoisotopic (exact) mass is 476 g/mol. The van der Waals surface area contributed by atoms with Crippen molar-refractivity contribution in [2.45, 2.75) is 51.7 Å². The number of halogens is 1. The molecule has 6 heteroatoms. The minimum absolute atomic E-state index is 0.0539. The van der Waals surface area contributed by atoms with Gasteiger partial charge in [-0.2, -0.15) is 0 Å². The van der Waals surface area contributed by atoms with Crippen molar-refractivity contribution in [3.05, 3.63) is 101 Å². The lowest BCUT2D eigenvalue weighted by Crippen LogP contribution is -2.54. The molecule has 0 fully saturated rings. The van der Waals surface area contributed by atoms with E-state index in [0.29, 0.717) is 17.7 Å². The minimum Gasteiger partial charge on any atom is -0.497 e. The number of carbonyl (C=O) groups is 2. The quantitative estimate of drug-likeness (QED) is 0.476. The Morgan fingerprint density at radius 3 is 2.20 bits per heavy atom. The lowest BCUT2D eigenvalue weighted by atomic mass is 9.99. The fourth-order valence-electron chi connectivity index (χ4n) is 3.85.